The van der Waals surface area contributed by atoms with Crippen molar-refractivity contribution in [2.45, 2.75) is 18.7 Å². The number of hydrogen-bond acceptors (Lipinski definition) is 20. The lowest BCUT2D eigenvalue weighted by Gasteiger charge is -2.19. The predicted octanol–water partition coefficient (Wildman–Crippen LogP) is 6.66. The molecule has 0 spiro atoms. The number of aromatic nitrogens is 4. The molecule has 1 aliphatic carbocycles. The normalized spacial score (nSPS) is 12.4. The van der Waals surface area contributed by atoms with Gasteiger partial charge in [0, 0.05) is 49.3 Å². The Kier molecular flexibility index (Phi) is 17.1. The first kappa shape index (κ1) is 46.8. The van der Waals surface area contributed by atoms with Gasteiger partial charge in [-0.25, -0.2) is 19.9 Å². The van der Waals surface area contributed by atoms with E-state index in [0.29, 0.717) is 105 Å². The number of nitrogens with zero attached hydrogens (tertiary/aromatic N) is 4. The highest BCUT2D eigenvalue weighted by Crippen LogP contribution is 2.48. The van der Waals surface area contributed by atoms with Crippen LogP contribution >= 0.6 is 23.5 Å². The van der Waals surface area contributed by atoms with Crippen LogP contribution in [0.1, 0.15) is 13.8 Å². The lowest BCUT2D eigenvalue weighted by molar-refractivity contribution is -0.117. The molecule has 4 N–H and O–H groups in total. The van der Waals surface area contributed by atoms with Crippen molar-refractivity contribution >= 4 is 74.2 Å². The molecule has 0 amide bonds. The molecule has 330 valence electrons. The molecule has 3 aromatic carbocycles. The molecule has 0 aliphatic heterocycles. The molecule has 0 saturated carbocycles. The topological polar surface area (TPSA) is 224 Å². The number of thioether (sulfide) groups is 2. The first-order valence-electron chi connectivity index (χ1n) is 19.0. The van der Waals surface area contributed by atoms with Crippen LogP contribution in [0.2, 0.25) is 0 Å². The summed E-state index contributed by atoms with van der Waals surface area (Å²) >= 11 is 2.63. The van der Waals surface area contributed by atoms with Gasteiger partial charge in [-0.15, -0.1) is 23.5 Å². The van der Waals surface area contributed by atoms with Gasteiger partial charge in [0.25, 0.3) is 0 Å². The fraction of sp³-hybridized carbons (Fsp3) is 0.333. The Bertz CT molecular complexity index is 2470. The number of fused-ring (bicyclic) bond motifs is 2. The van der Waals surface area contributed by atoms with Gasteiger partial charge in [-0.05, 0) is 23.6 Å². The molecule has 20 heteroatoms. The molecule has 0 radical (unpaired) electrons. The van der Waals surface area contributed by atoms with Gasteiger partial charge in [0.15, 0.2) is 40.3 Å². The van der Waals surface area contributed by atoms with E-state index in [1.54, 1.807) is 45.6 Å². The van der Waals surface area contributed by atoms with Crippen molar-refractivity contribution < 1.29 is 57.7 Å². The molecule has 0 fully saturated rings. The minimum absolute atomic E-state index is 0.0126. The van der Waals surface area contributed by atoms with E-state index < -0.39 is 0 Å². The number of nitrogens with one attached hydrogen (secondary N) is 2. The number of hydrogen-bond donors (Lipinski definition) is 4. The van der Waals surface area contributed by atoms with E-state index in [4.69, 9.17) is 37.9 Å². The number of benzene rings is 3. The molecule has 0 atom stereocenters. The molecule has 5 aromatic rings. The van der Waals surface area contributed by atoms with Crippen molar-refractivity contribution in [3.8, 4) is 40.2 Å². The van der Waals surface area contributed by atoms with Crippen molar-refractivity contribution in [2.24, 2.45) is 0 Å². The number of anilines is 3. The Labute approximate surface area is 366 Å². The maximum Gasteiger partial charge on any atom is 0.236 e. The smallest absolute Gasteiger partial charge is 0.236 e. The molecule has 18 nitrogen and oxygen atoms in total. The van der Waals surface area contributed by atoms with Crippen LogP contribution in [0.15, 0.2) is 70.3 Å². The molecule has 0 saturated heterocycles. The van der Waals surface area contributed by atoms with E-state index in [0.717, 1.165) is 0 Å². The second-order valence-electron chi connectivity index (χ2n) is 12.5. The van der Waals surface area contributed by atoms with Crippen LogP contribution in [0.5, 0.6) is 40.2 Å². The third kappa shape index (κ3) is 10.8. The second-order valence-corrected chi connectivity index (χ2v) is 15.1. The maximum atomic E-state index is 12.7. The average molecular weight is 893 g/mol. The number of Topliss-reactive ketones (excluding diaryl/α,β-unsaturated/α-hetero) is 1. The van der Waals surface area contributed by atoms with Crippen molar-refractivity contribution in [3.05, 3.63) is 65.4 Å². The van der Waals surface area contributed by atoms with Crippen LogP contribution in [0.3, 0.4) is 0 Å². The van der Waals surface area contributed by atoms with Crippen molar-refractivity contribution in [3.63, 3.8) is 0 Å². The van der Waals surface area contributed by atoms with Gasteiger partial charge in [-0.1, -0.05) is 13.8 Å². The molecule has 2 heterocycles. The van der Waals surface area contributed by atoms with Gasteiger partial charge in [-0.3, -0.25) is 9.59 Å². The van der Waals surface area contributed by atoms with Gasteiger partial charge in [-0.2, -0.15) is 0 Å². The molecule has 1 aliphatic rings. The van der Waals surface area contributed by atoms with Crippen LogP contribution in [-0.4, -0.2) is 122 Å². The first-order valence-corrected chi connectivity index (χ1v) is 20.9. The maximum absolute atomic E-state index is 12.7. The van der Waals surface area contributed by atoms with Crippen LogP contribution in [0, 0.1) is 0 Å². The summed E-state index contributed by atoms with van der Waals surface area (Å²) in [4.78, 5) is 43.4. The molecular weight excluding hydrogens is 845 g/mol. The van der Waals surface area contributed by atoms with E-state index >= 15 is 0 Å². The lowest BCUT2D eigenvalue weighted by Crippen LogP contribution is -2.23. The molecule has 6 rings (SSSR count). The highest BCUT2D eigenvalue weighted by atomic mass is 32.2. The zero-order chi connectivity index (χ0) is 44.8. The SMILES string of the molecule is CCSC1=C(Nc2ncnc3cc(OCCOC)c(OC)cc23)C(=O)C=C(OC)C1=O.CCSc1c(O)c(OC)cc(O)c1Nc1ncnc2cc(OCCOC)c(OC)cc12. The third-order valence-corrected chi connectivity index (χ3v) is 10.7. The Hall–Kier alpha value is -6.22. The van der Waals surface area contributed by atoms with Crippen molar-refractivity contribution in [2.75, 3.05) is 91.2 Å². The largest absolute Gasteiger partial charge is 0.506 e. The van der Waals surface area contributed by atoms with Crippen LogP contribution in [-0.2, 0) is 23.8 Å². The molecule has 2 aromatic heterocycles. The van der Waals surface area contributed by atoms with E-state index in [2.05, 4.69) is 30.6 Å². The number of ether oxygens (including phenoxy) is 8. The number of phenolic OH excluding ortho intramolecular Hbond substituents is 2. The van der Waals surface area contributed by atoms with Gasteiger partial charge in [0.1, 0.15) is 49.0 Å². The van der Waals surface area contributed by atoms with Gasteiger partial charge >= 0.3 is 0 Å². The quantitative estimate of drug-likeness (QED) is 0.0211. The molecular formula is C42H48N6O12S2. The van der Waals surface area contributed by atoms with E-state index in [9.17, 15) is 19.8 Å². The third-order valence-electron chi connectivity index (χ3n) is 8.80. The number of phenols is 2. The number of aromatic hydroxyl groups is 2. The summed E-state index contributed by atoms with van der Waals surface area (Å²) in [6.07, 6.45) is 3.95. The number of carbonyl (C=O) groups excluding carboxylic acids is 2. The van der Waals surface area contributed by atoms with E-state index in [-0.39, 0.29) is 45.2 Å². The number of rotatable bonds is 20. The highest BCUT2D eigenvalue weighted by Gasteiger charge is 2.30. The fourth-order valence-corrected chi connectivity index (χ4v) is 7.54. The minimum atomic E-state index is -0.370. The summed E-state index contributed by atoms with van der Waals surface area (Å²) in [6, 6.07) is 8.31. The Morgan fingerprint density at radius 3 is 1.63 bits per heavy atom. The standard InChI is InChI=1S/C21H25N3O6S.C21H23N3O6S/c2*1-5-31-20-18(14(25)10-17(29-4)19(20)26)24-21-12-8-15(28-3)16(30-7-6-27-2)9-13(12)22-11-23-21/h8-11,25-26H,5-7H2,1-4H3,(H,22,23,24);8-11H,5-7H2,1-4H3,(H,22,23,24). The monoisotopic (exact) mass is 892 g/mol. The number of carbonyl (C=O) groups is 2. The van der Waals surface area contributed by atoms with E-state index in [1.807, 2.05) is 13.8 Å². The summed E-state index contributed by atoms with van der Waals surface area (Å²) in [6.45, 7) is 5.43. The second kappa shape index (κ2) is 22.6. The number of ketones is 2. The number of allylic oxidation sites excluding steroid dienone is 2. The fourth-order valence-electron chi connectivity index (χ4n) is 5.90. The van der Waals surface area contributed by atoms with Crippen molar-refractivity contribution in [1.82, 2.24) is 19.9 Å². The molecule has 62 heavy (non-hydrogen) atoms. The van der Waals surface area contributed by atoms with Crippen LogP contribution in [0.4, 0.5) is 17.3 Å². The number of methoxy groups -OCH3 is 6. The summed E-state index contributed by atoms with van der Waals surface area (Å²) in [7, 11) is 9.06. The highest BCUT2D eigenvalue weighted by molar-refractivity contribution is 8.04. The Morgan fingerprint density at radius 2 is 1.15 bits per heavy atom. The summed E-state index contributed by atoms with van der Waals surface area (Å²) in [5, 5.41) is 28.6. The van der Waals surface area contributed by atoms with Gasteiger partial charge in [0.05, 0.1) is 68.2 Å². The zero-order valence-corrected chi connectivity index (χ0v) is 37.1. The summed E-state index contributed by atoms with van der Waals surface area (Å²) in [5.74, 6) is 3.46. The Balaban J connectivity index is 0.000000234. The van der Waals surface area contributed by atoms with Gasteiger partial charge < -0.3 is 58.7 Å². The lowest BCUT2D eigenvalue weighted by atomic mass is 10.1. The minimum Gasteiger partial charge on any atom is -0.506 e. The average Bonchev–Trinajstić information content (AvgIpc) is 3.28. The van der Waals surface area contributed by atoms with Crippen LogP contribution < -0.4 is 34.3 Å². The van der Waals surface area contributed by atoms with E-state index in [1.165, 1.54) is 69.7 Å². The first-order chi connectivity index (χ1) is 30.1. The molecule has 0 bridgehead atoms. The van der Waals surface area contributed by atoms with Crippen LogP contribution in [0.25, 0.3) is 21.8 Å². The summed E-state index contributed by atoms with van der Waals surface area (Å²) in [5.41, 5.74) is 1.67. The van der Waals surface area contributed by atoms with Crippen molar-refractivity contribution in [1.29, 1.82) is 0 Å². The molecule has 0 unspecified atom stereocenters. The van der Waals surface area contributed by atoms with Gasteiger partial charge in [0.2, 0.25) is 11.6 Å². The Morgan fingerprint density at radius 1 is 0.613 bits per heavy atom. The predicted molar refractivity (Wildman–Crippen MR) is 237 cm³/mol. The zero-order valence-electron chi connectivity index (χ0n) is 35.4. The summed E-state index contributed by atoms with van der Waals surface area (Å²) < 4.78 is 42.6.